The lowest BCUT2D eigenvalue weighted by Crippen LogP contribution is -2.44. The summed E-state index contributed by atoms with van der Waals surface area (Å²) in [6.45, 7) is 0. The van der Waals surface area contributed by atoms with E-state index in [4.69, 9.17) is 4.74 Å². The first-order valence-corrected chi connectivity index (χ1v) is 12.6. The van der Waals surface area contributed by atoms with E-state index >= 15 is 0 Å². The molecular formula is C24H17BrN2O4S. The van der Waals surface area contributed by atoms with Crippen molar-refractivity contribution in [3.63, 3.8) is 0 Å². The van der Waals surface area contributed by atoms with E-state index in [0.29, 0.717) is 33.7 Å². The molecule has 0 N–H and O–H groups in total. The number of aromatic nitrogens is 1. The van der Waals surface area contributed by atoms with Gasteiger partial charge in [-0.25, -0.2) is 12.4 Å². The van der Waals surface area contributed by atoms with E-state index in [1.165, 1.54) is 3.97 Å². The fourth-order valence-electron chi connectivity index (χ4n) is 5.12. The molecule has 1 aromatic heterocycles. The van der Waals surface area contributed by atoms with E-state index in [9.17, 15) is 13.2 Å². The maximum atomic E-state index is 14.2. The zero-order chi connectivity index (χ0) is 22.4. The molecule has 0 saturated carbocycles. The summed E-state index contributed by atoms with van der Waals surface area (Å²) in [4.78, 5) is 15.8. The van der Waals surface area contributed by atoms with Crippen LogP contribution in [-0.2, 0) is 20.2 Å². The molecule has 6 nitrogen and oxygen atoms in total. The van der Waals surface area contributed by atoms with Crippen LogP contribution in [0.5, 0.6) is 11.5 Å². The number of benzene rings is 3. The summed E-state index contributed by atoms with van der Waals surface area (Å²) in [5, 5.41) is 0.640. The van der Waals surface area contributed by atoms with Crippen LogP contribution in [0.3, 0.4) is 0 Å². The largest absolute Gasteiger partial charge is 0.454 e. The number of hydrogen-bond acceptors (Lipinski definition) is 4. The Morgan fingerprint density at radius 3 is 2.47 bits per heavy atom. The molecule has 0 saturated heterocycles. The Morgan fingerprint density at radius 2 is 1.69 bits per heavy atom. The lowest BCUT2D eigenvalue weighted by molar-refractivity contribution is -0.120. The number of carbonyl (C=O) groups excluding carboxylic acids is 1. The number of fused-ring (bicyclic) bond motifs is 8. The van der Waals surface area contributed by atoms with Crippen molar-refractivity contribution in [1.29, 1.82) is 0 Å². The first kappa shape index (κ1) is 19.6. The minimum absolute atomic E-state index is 0.227. The van der Waals surface area contributed by atoms with Gasteiger partial charge in [0.1, 0.15) is 16.9 Å². The molecule has 1 amide bonds. The molecular weight excluding hydrogens is 492 g/mol. The molecule has 1 atom stereocenters. The van der Waals surface area contributed by atoms with Crippen molar-refractivity contribution in [3.05, 3.63) is 88.0 Å². The third kappa shape index (κ3) is 2.23. The number of hydrogen-bond donors (Lipinski definition) is 0. The summed E-state index contributed by atoms with van der Waals surface area (Å²) in [6, 6.07) is 20.2. The summed E-state index contributed by atoms with van der Waals surface area (Å²) in [7, 11) is -2.07. The van der Waals surface area contributed by atoms with E-state index in [0.717, 1.165) is 22.0 Å². The van der Waals surface area contributed by atoms with Crippen molar-refractivity contribution in [2.45, 2.75) is 5.41 Å². The van der Waals surface area contributed by atoms with E-state index in [2.05, 4.69) is 15.9 Å². The Morgan fingerprint density at radius 1 is 0.969 bits per heavy atom. The van der Waals surface area contributed by atoms with Crippen LogP contribution in [-0.4, -0.2) is 31.6 Å². The van der Waals surface area contributed by atoms with Gasteiger partial charge in [-0.3, -0.25) is 4.79 Å². The predicted octanol–water partition coefficient (Wildman–Crippen LogP) is 4.63. The van der Waals surface area contributed by atoms with Crippen LogP contribution in [0.2, 0.25) is 0 Å². The molecule has 3 aromatic carbocycles. The van der Waals surface area contributed by atoms with Crippen molar-refractivity contribution in [3.8, 4) is 11.5 Å². The number of nitrogens with zero attached hydrogens (tertiary/aromatic N) is 2. The van der Waals surface area contributed by atoms with Crippen molar-refractivity contribution < 1.29 is 17.9 Å². The van der Waals surface area contributed by atoms with Gasteiger partial charge in [0.05, 0.1) is 11.8 Å². The Labute approximate surface area is 193 Å². The Hall–Kier alpha value is -3.10. The third-order valence-electron chi connectivity index (χ3n) is 6.32. The number of likely N-dealkylation sites (N-methyl/N-ethyl adjacent to an activating group) is 1. The minimum Gasteiger partial charge on any atom is -0.454 e. The third-order valence-corrected chi connectivity index (χ3v) is 7.86. The topological polar surface area (TPSA) is 68.6 Å². The zero-order valence-electron chi connectivity index (χ0n) is 17.2. The molecule has 0 bridgehead atoms. The van der Waals surface area contributed by atoms with E-state index in [1.807, 2.05) is 54.6 Å². The van der Waals surface area contributed by atoms with Crippen LogP contribution in [0.25, 0.3) is 10.9 Å². The Kier molecular flexibility index (Phi) is 3.81. The van der Waals surface area contributed by atoms with Crippen molar-refractivity contribution in [1.82, 2.24) is 3.97 Å². The summed E-state index contributed by atoms with van der Waals surface area (Å²) >= 11 is 3.52. The second kappa shape index (κ2) is 6.24. The number of rotatable bonds is 1. The highest BCUT2D eigenvalue weighted by atomic mass is 79.9. The number of halogens is 1. The molecule has 4 aromatic rings. The molecule has 0 aliphatic carbocycles. The van der Waals surface area contributed by atoms with Crippen LogP contribution in [0.4, 0.5) is 5.69 Å². The van der Waals surface area contributed by atoms with Gasteiger partial charge in [-0.1, -0.05) is 46.3 Å². The average Bonchev–Trinajstić information content (AvgIpc) is 3.21. The Balaban J connectivity index is 1.91. The van der Waals surface area contributed by atoms with Crippen LogP contribution in [0.1, 0.15) is 16.8 Å². The number of amides is 1. The van der Waals surface area contributed by atoms with E-state index < -0.39 is 15.4 Å². The highest BCUT2D eigenvalue weighted by Crippen LogP contribution is 2.60. The van der Waals surface area contributed by atoms with Gasteiger partial charge in [-0.15, -0.1) is 0 Å². The van der Waals surface area contributed by atoms with Gasteiger partial charge in [0.15, 0.2) is 5.75 Å². The van der Waals surface area contributed by atoms with E-state index in [1.54, 1.807) is 24.1 Å². The van der Waals surface area contributed by atoms with Crippen molar-refractivity contribution >= 4 is 48.5 Å². The number of carbonyl (C=O) groups is 1. The average molecular weight is 509 g/mol. The molecule has 1 spiro atoms. The highest BCUT2D eigenvalue weighted by Gasteiger charge is 2.59. The molecule has 8 heteroatoms. The van der Waals surface area contributed by atoms with Crippen LogP contribution >= 0.6 is 15.9 Å². The quantitative estimate of drug-likeness (QED) is 0.376. The lowest BCUT2D eigenvalue weighted by atomic mass is 9.71. The van der Waals surface area contributed by atoms with Gasteiger partial charge in [-0.2, -0.15) is 0 Å². The monoisotopic (exact) mass is 508 g/mol. The molecule has 2 aliphatic rings. The first-order chi connectivity index (χ1) is 15.3. The molecule has 0 fully saturated rings. The van der Waals surface area contributed by atoms with Crippen molar-refractivity contribution in [2.75, 3.05) is 18.2 Å². The van der Waals surface area contributed by atoms with Gasteiger partial charge in [0.2, 0.25) is 15.9 Å². The molecule has 3 heterocycles. The SMILES string of the molecule is CN1C(=O)[C@]2(c3cc(Br)ccc3Oc3c2n(S(C)(=O)=O)c2ccccc32)c2ccccc21. The Bertz CT molecular complexity index is 1590. The van der Waals surface area contributed by atoms with Gasteiger partial charge in [0.25, 0.3) is 0 Å². The molecule has 2 aliphatic heterocycles. The number of para-hydroxylation sites is 2. The maximum Gasteiger partial charge on any atom is 0.248 e. The summed E-state index contributed by atoms with van der Waals surface area (Å²) < 4.78 is 34.7. The predicted molar refractivity (Wildman–Crippen MR) is 126 cm³/mol. The highest BCUT2D eigenvalue weighted by molar-refractivity contribution is 9.10. The van der Waals surface area contributed by atoms with Crippen LogP contribution in [0, 0.1) is 0 Å². The smallest absolute Gasteiger partial charge is 0.248 e. The summed E-state index contributed by atoms with van der Waals surface area (Å²) in [5.74, 6) is 0.685. The number of anilines is 1. The molecule has 160 valence electrons. The van der Waals surface area contributed by atoms with Crippen LogP contribution < -0.4 is 9.64 Å². The molecule has 32 heavy (non-hydrogen) atoms. The molecule has 0 unspecified atom stereocenters. The first-order valence-electron chi connectivity index (χ1n) is 9.96. The molecule has 6 rings (SSSR count). The zero-order valence-corrected chi connectivity index (χ0v) is 19.6. The van der Waals surface area contributed by atoms with Gasteiger partial charge in [-0.05, 0) is 36.4 Å². The van der Waals surface area contributed by atoms with Gasteiger partial charge in [0, 0.05) is 33.7 Å². The van der Waals surface area contributed by atoms with Crippen molar-refractivity contribution in [2.24, 2.45) is 0 Å². The fraction of sp³-hybridized carbons (Fsp3) is 0.125. The lowest BCUT2D eigenvalue weighted by Gasteiger charge is -2.35. The number of ether oxygens (including phenoxy) is 1. The maximum absolute atomic E-state index is 14.2. The van der Waals surface area contributed by atoms with Crippen LogP contribution in [0.15, 0.2) is 71.2 Å². The minimum atomic E-state index is -3.79. The van der Waals surface area contributed by atoms with Gasteiger partial charge < -0.3 is 9.64 Å². The summed E-state index contributed by atoms with van der Waals surface area (Å²) in [6.07, 6.45) is 1.15. The van der Waals surface area contributed by atoms with E-state index in [-0.39, 0.29) is 5.91 Å². The fourth-order valence-corrected chi connectivity index (χ4v) is 6.55. The second-order valence-electron chi connectivity index (χ2n) is 8.10. The molecule has 0 radical (unpaired) electrons. The normalized spacial score (nSPS) is 19.1. The second-order valence-corrected chi connectivity index (χ2v) is 10.8. The summed E-state index contributed by atoms with van der Waals surface area (Å²) in [5.41, 5.74) is 1.49. The standard InChI is InChI=1S/C24H17BrN2O4S/c1-26-19-10-6-4-8-16(19)24(23(26)28)17-13-14(25)11-12-20(17)31-21-15-7-3-5-9-18(15)27(22(21)24)32(2,29)30/h3-13H,1-2H3/t24-/m0/s1. The van der Waals surface area contributed by atoms with Gasteiger partial charge >= 0.3 is 0 Å².